The van der Waals surface area contributed by atoms with Crippen LogP contribution in [0.3, 0.4) is 0 Å². The zero-order valence-corrected chi connectivity index (χ0v) is 21.7. The molecular formula is C26H19Cl2N5O3S. The number of carbonyl (C=O) groups excluding carboxylic acids is 1. The lowest BCUT2D eigenvalue weighted by Gasteiger charge is -2.10. The molecule has 37 heavy (non-hydrogen) atoms. The number of ether oxygens (including phenoxy) is 1. The van der Waals surface area contributed by atoms with E-state index >= 15 is 0 Å². The predicted octanol–water partition coefficient (Wildman–Crippen LogP) is 7.24. The highest BCUT2D eigenvalue weighted by molar-refractivity contribution is 7.98. The lowest BCUT2D eigenvalue weighted by atomic mass is 10.1. The Kier molecular flexibility index (Phi) is 8.36. The van der Waals surface area contributed by atoms with Crippen LogP contribution < -0.4 is 20.9 Å². The van der Waals surface area contributed by atoms with Crippen LogP contribution in [0, 0.1) is 6.57 Å². The van der Waals surface area contributed by atoms with Gasteiger partial charge in [-0.3, -0.25) is 4.79 Å². The van der Waals surface area contributed by atoms with Crippen molar-refractivity contribution in [3.8, 4) is 17.0 Å². The van der Waals surface area contributed by atoms with Crippen molar-refractivity contribution < 1.29 is 9.53 Å². The van der Waals surface area contributed by atoms with Crippen molar-refractivity contribution in [3.63, 3.8) is 0 Å². The third-order valence-electron chi connectivity index (χ3n) is 5.07. The largest absolute Gasteiger partial charge is 0.497 e. The predicted molar refractivity (Wildman–Crippen MR) is 148 cm³/mol. The quantitative estimate of drug-likeness (QED) is 0.128. The van der Waals surface area contributed by atoms with E-state index < -0.39 is 11.6 Å². The van der Waals surface area contributed by atoms with Gasteiger partial charge in [-0.25, -0.2) is 14.6 Å². The second kappa shape index (κ2) is 11.8. The van der Waals surface area contributed by atoms with E-state index in [1.54, 1.807) is 55.6 Å². The first kappa shape index (κ1) is 26.1. The molecule has 0 aliphatic rings. The minimum absolute atomic E-state index is 0.0863. The van der Waals surface area contributed by atoms with Gasteiger partial charge in [-0.1, -0.05) is 59.2 Å². The minimum atomic E-state index is -0.514. The molecule has 3 N–H and O–H groups in total. The van der Waals surface area contributed by atoms with Gasteiger partial charge in [0.05, 0.1) is 29.4 Å². The van der Waals surface area contributed by atoms with Crippen LogP contribution in [0.4, 0.5) is 21.9 Å². The van der Waals surface area contributed by atoms with E-state index in [1.165, 1.54) is 11.8 Å². The fourth-order valence-corrected chi connectivity index (χ4v) is 4.45. The van der Waals surface area contributed by atoms with E-state index in [2.05, 4.69) is 25.4 Å². The van der Waals surface area contributed by atoms with Crippen LogP contribution in [-0.2, 0) is 5.75 Å². The maximum atomic E-state index is 12.6. The SMILES string of the molecule is [C-]#[N+]c1c(-c2cccc(OC)c2)nc(SCc2cccc(NC(=O)Nc3ccc(Cl)c(Cl)c3)c2)[nH]c1=O. The van der Waals surface area contributed by atoms with Crippen LogP contribution in [0.15, 0.2) is 76.7 Å². The van der Waals surface area contributed by atoms with Gasteiger partial charge < -0.3 is 20.4 Å². The number of nitrogens with one attached hydrogen (secondary N) is 3. The monoisotopic (exact) mass is 551 g/mol. The molecule has 0 saturated carbocycles. The third-order valence-corrected chi connectivity index (χ3v) is 6.75. The molecule has 0 bridgehead atoms. The normalized spacial score (nSPS) is 10.4. The zero-order chi connectivity index (χ0) is 26.4. The lowest BCUT2D eigenvalue weighted by Crippen LogP contribution is -2.19. The van der Waals surface area contributed by atoms with Crippen molar-refractivity contribution >= 4 is 58.1 Å². The number of rotatable bonds is 7. The molecule has 4 aromatic rings. The number of hydrogen-bond donors (Lipinski definition) is 3. The average molecular weight is 552 g/mol. The Morgan fingerprint density at radius 1 is 1.05 bits per heavy atom. The number of benzene rings is 3. The number of H-pyrrole nitrogens is 1. The van der Waals surface area contributed by atoms with Crippen LogP contribution in [0.5, 0.6) is 5.75 Å². The summed E-state index contributed by atoms with van der Waals surface area (Å²) in [6.45, 7) is 7.43. The molecule has 186 valence electrons. The van der Waals surface area contributed by atoms with E-state index in [0.29, 0.717) is 43.6 Å². The molecule has 8 nitrogen and oxygen atoms in total. The molecule has 4 rings (SSSR count). The topological polar surface area (TPSA) is 100 Å². The Bertz CT molecular complexity index is 1570. The Balaban J connectivity index is 1.47. The maximum absolute atomic E-state index is 12.6. The molecule has 0 fully saturated rings. The molecule has 1 heterocycles. The summed E-state index contributed by atoms with van der Waals surface area (Å²) in [5.74, 6) is 1.05. The Morgan fingerprint density at radius 2 is 1.81 bits per heavy atom. The molecule has 0 saturated heterocycles. The number of halogens is 2. The van der Waals surface area contributed by atoms with Gasteiger partial charge in [0.25, 0.3) is 11.2 Å². The van der Waals surface area contributed by atoms with Gasteiger partial charge in [-0.2, -0.15) is 0 Å². The molecule has 0 aliphatic carbocycles. The molecule has 3 aromatic carbocycles. The highest BCUT2D eigenvalue weighted by Crippen LogP contribution is 2.30. The molecule has 1 aromatic heterocycles. The Labute approximate surface area is 226 Å². The van der Waals surface area contributed by atoms with Crippen molar-refractivity contribution in [3.05, 3.63) is 104 Å². The van der Waals surface area contributed by atoms with Gasteiger partial charge in [0.1, 0.15) is 5.75 Å². The number of urea groups is 1. The van der Waals surface area contributed by atoms with Gasteiger partial charge >= 0.3 is 6.03 Å². The summed E-state index contributed by atoms with van der Waals surface area (Å²) in [5.41, 5.74) is 2.27. The standard InChI is InChI=1S/C26H19Cl2N5O3S/c1-29-23-22(16-6-4-8-19(12-16)36-2)32-26(33-24(23)34)37-14-15-5-3-7-17(11-15)30-25(35)31-18-9-10-20(27)21(28)13-18/h3-13H,14H2,2H3,(H2,30,31,35)(H,32,33,34). The summed E-state index contributed by atoms with van der Waals surface area (Å²) in [4.78, 5) is 35.5. The number of aromatic nitrogens is 2. The number of methoxy groups -OCH3 is 1. The number of amides is 2. The van der Waals surface area contributed by atoms with Crippen LogP contribution in [0.1, 0.15) is 5.56 Å². The molecule has 0 atom stereocenters. The third kappa shape index (κ3) is 6.62. The van der Waals surface area contributed by atoms with Gasteiger partial charge in [-0.15, -0.1) is 0 Å². The summed E-state index contributed by atoms with van der Waals surface area (Å²) >= 11 is 13.2. The maximum Gasteiger partial charge on any atom is 0.323 e. The van der Waals surface area contributed by atoms with Crippen LogP contribution in [0.25, 0.3) is 16.1 Å². The highest BCUT2D eigenvalue weighted by atomic mass is 35.5. The van der Waals surface area contributed by atoms with Crippen molar-refractivity contribution in [1.82, 2.24) is 9.97 Å². The lowest BCUT2D eigenvalue weighted by molar-refractivity contribution is 0.262. The fraction of sp³-hybridized carbons (Fsp3) is 0.0769. The second-order valence-electron chi connectivity index (χ2n) is 7.61. The number of hydrogen-bond acceptors (Lipinski definition) is 5. The van der Waals surface area contributed by atoms with Crippen LogP contribution >= 0.6 is 35.0 Å². The molecule has 0 spiro atoms. The number of anilines is 2. The summed E-state index contributed by atoms with van der Waals surface area (Å²) in [6.07, 6.45) is 0. The van der Waals surface area contributed by atoms with Gasteiger partial charge in [-0.05, 0) is 53.6 Å². The minimum Gasteiger partial charge on any atom is -0.497 e. The van der Waals surface area contributed by atoms with Gasteiger partial charge in [0.2, 0.25) is 0 Å². The van der Waals surface area contributed by atoms with Crippen LogP contribution in [-0.4, -0.2) is 23.1 Å². The molecular weight excluding hydrogens is 533 g/mol. The number of carbonyl (C=O) groups is 1. The first-order valence-electron chi connectivity index (χ1n) is 10.8. The zero-order valence-electron chi connectivity index (χ0n) is 19.3. The van der Waals surface area contributed by atoms with Crippen molar-refractivity contribution in [2.45, 2.75) is 10.9 Å². The van der Waals surface area contributed by atoms with E-state index in [4.69, 9.17) is 34.5 Å². The molecule has 2 amide bonds. The number of nitrogens with zero attached hydrogens (tertiary/aromatic N) is 2. The highest BCUT2D eigenvalue weighted by Gasteiger charge is 2.15. The van der Waals surface area contributed by atoms with Gasteiger partial charge in [0.15, 0.2) is 5.16 Å². The molecule has 0 unspecified atom stereocenters. The van der Waals surface area contributed by atoms with E-state index in [1.807, 2.05) is 18.2 Å². The van der Waals surface area contributed by atoms with Gasteiger partial charge in [0, 0.05) is 17.1 Å². The summed E-state index contributed by atoms with van der Waals surface area (Å²) in [5, 5.41) is 6.58. The Hall–Kier alpha value is -3.97. The van der Waals surface area contributed by atoms with Crippen molar-refractivity contribution in [1.29, 1.82) is 0 Å². The smallest absolute Gasteiger partial charge is 0.323 e. The first-order valence-corrected chi connectivity index (χ1v) is 12.5. The van der Waals surface area contributed by atoms with Crippen LogP contribution in [0.2, 0.25) is 10.0 Å². The van der Waals surface area contributed by atoms with E-state index in [9.17, 15) is 9.59 Å². The first-order chi connectivity index (χ1) is 17.9. The second-order valence-corrected chi connectivity index (χ2v) is 9.39. The summed E-state index contributed by atoms with van der Waals surface area (Å²) < 4.78 is 5.26. The molecule has 0 radical (unpaired) electrons. The van der Waals surface area contributed by atoms with E-state index in [0.717, 1.165) is 5.56 Å². The van der Waals surface area contributed by atoms with Crippen molar-refractivity contribution in [2.75, 3.05) is 17.7 Å². The summed E-state index contributed by atoms with van der Waals surface area (Å²) in [6, 6.07) is 18.7. The van der Waals surface area contributed by atoms with E-state index in [-0.39, 0.29) is 11.4 Å². The molecule has 11 heteroatoms. The number of thioether (sulfide) groups is 1. The average Bonchev–Trinajstić information content (AvgIpc) is 2.89. The van der Waals surface area contributed by atoms with Crippen molar-refractivity contribution in [2.24, 2.45) is 0 Å². The Morgan fingerprint density at radius 3 is 2.54 bits per heavy atom. The number of aromatic amines is 1. The summed E-state index contributed by atoms with van der Waals surface area (Å²) in [7, 11) is 1.54. The molecule has 0 aliphatic heterocycles. The fourth-order valence-electron chi connectivity index (χ4n) is 3.35.